The van der Waals surface area contributed by atoms with Gasteiger partial charge in [-0.1, -0.05) is 0 Å². The molecule has 7 heteroatoms. The van der Waals surface area contributed by atoms with E-state index in [1.807, 2.05) is 0 Å². The molecule has 4 aliphatic carbocycles. The topological polar surface area (TPSA) is 75.6 Å². The van der Waals surface area contributed by atoms with Gasteiger partial charge in [0.1, 0.15) is 11.6 Å². The van der Waals surface area contributed by atoms with Crippen LogP contribution in [0.25, 0.3) is 0 Å². The van der Waals surface area contributed by atoms with Gasteiger partial charge < -0.3 is 15.2 Å². The standard InChI is InChI=1S/C19H21F2NO4/c20-13-1-2-14(21)15(4-13)22-16(23)9-26-17(24)18-5-11-3-12(6-18)8-19(25,7-11)10-18/h1-2,4,11-12,25H,3,5-10H2,(H,22,23). The Morgan fingerprint density at radius 3 is 2.54 bits per heavy atom. The quantitative estimate of drug-likeness (QED) is 0.805. The molecule has 0 spiro atoms. The van der Waals surface area contributed by atoms with Gasteiger partial charge in [0.25, 0.3) is 5.91 Å². The Morgan fingerprint density at radius 2 is 1.88 bits per heavy atom. The maximum absolute atomic E-state index is 13.6. The van der Waals surface area contributed by atoms with Crippen molar-refractivity contribution < 1.29 is 28.2 Å². The second-order valence-electron chi connectivity index (χ2n) is 8.21. The minimum Gasteiger partial charge on any atom is -0.455 e. The van der Waals surface area contributed by atoms with Crippen LogP contribution in [0.3, 0.4) is 0 Å². The molecule has 0 radical (unpaired) electrons. The monoisotopic (exact) mass is 365 g/mol. The molecule has 5 nitrogen and oxygen atoms in total. The van der Waals surface area contributed by atoms with Crippen LogP contribution in [0.15, 0.2) is 18.2 Å². The molecule has 4 aliphatic rings. The molecule has 4 bridgehead atoms. The summed E-state index contributed by atoms with van der Waals surface area (Å²) in [5.41, 5.74) is -1.81. The number of anilines is 1. The number of aliphatic hydroxyl groups is 1. The van der Waals surface area contributed by atoms with Gasteiger partial charge in [-0.3, -0.25) is 9.59 Å². The van der Waals surface area contributed by atoms with Gasteiger partial charge >= 0.3 is 5.97 Å². The van der Waals surface area contributed by atoms with Crippen LogP contribution in [-0.2, 0) is 14.3 Å². The number of hydrogen-bond donors (Lipinski definition) is 2. The predicted molar refractivity (Wildman–Crippen MR) is 88.0 cm³/mol. The van der Waals surface area contributed by atoms with Crippen LogP contribution < -0.4 is 5.32 Å². The van der Waals surface area contributed by atoms with Gasteiger partial charge in [0.15, 0.2) is 6.61 Å². The van der Waals surface area contributed by atoms with Crippen LogP contribution >= 0.6 is 0 Å². The molecule has 4 saturated carbocycles. The molecule has 2 atom stereocenters. The van der Waals surface area contributed by atoms with E-state index in [0.29, 0.717) is 31.1 Å². The van der Waals surface area contributed by atoms with Crippen LogP contribution in [0.1, 0.15) is 38.5 Å². The first-order valence-corrected chi connectivity index (χ1v) is 8.92. The summed E-state index contributed by atoms with van der Waals surface area (Å²) in [6.07, 6.45) is 4.26. The molecular weight excluding hydrogens is 344 g/mol. The molecule has 4 fully saturated rings. The van der Waals surface area contributed by atoms with Gasteiger partial charge in [-0.05, 0) is 62.5 Å². The highest BCUT2D eigenvalue weighted by molar-refractivity contribution is 5.93. The molecule has 2 unspecified atom stereocenters. The summed E-state index contributed by atoms with van der Waals surface area (Å²) in [5, 5.41) is 12.9. The molecular formula is C19H21F2NO4. The third-order valence-corrected chi connectivity index (χ3v) is 6.00. The van der Waals surface area contributed by atoms with Crippen molar-refractivity contribution in [2.45, 2.75) is 44.1 Å². The highest BCUT2D eigenvalue weighted by Crippen LogP contribution is 2.61. The molecule has 1 amide bonds. The maximum Gasteiger partial charge on any atom is 0.312 e. The van der Waals surface area contributed by atoms with Crippen LogP contribution in [0.4, 0.5) is 14.5 Å². The first-order chi connectivity index (χ1) is 12.3. The minimum absolute atomic E-state index is 0.296. The summed E-state index contributed by atoms with van der Waals surface area (Å²) in [5.74, 6) is -2.01. The van der Waals surface area contributed by atoms with Gasteiger partial charge in [-0.25, -0.2) is 8.78 Å². The average Bonchev–Trinajstić information content (AvgIpc) is 2.53. The number of hydrogen-bond acceptors (Lipinski definition) is 4. The number of amides is 1. The molecule has 140 valence electrons. The van der Waals surface area contributed by atoms with E-state index in [4.69, 9.17) is 4.74 Å². The normalized spacial score (nSPS) is 34.6. The number of benzene rings is 1. The van der Waals surface area contributed by atoms with Crippen LogP contribution in [0.5, 0.6) is 0 Å². The Labute approximate surface area is 149 Å². The minimum atomic E-state index is -0.796. The fourth-order valence-corrected chi connectivity index (χ4v) is 5.52. The molecule has 2 N–H and O–H groups in total. The lowest BCUT2D eigenvalue weighted by Gasteiger charge is -2.58. The maximum atomic E-state index is 13.6. The van der Waals surface area contributed by atoms with Crippen LogP contribution in [0, 0.1) is 28.9 Å². The Morgan fingerprint density at radius 1 is 1.19 bits per heavy atom. The van der Waals surface area contributed by atoms with Crippen molar-refractivity contribution in [3.05, 3.63) is 29.8 Å². The Kier molecular flexibility index (Phi) is 4.02. The van der Waals surface area contributed by atoms with Gasteiger partial charge in [0.05, 0.1) is 16.7 Å². The van der Waals surface area contributed by atoms with E-state index in [1.54, 1.807) is 0 Å². The number of nitrogens with one attached hydrogen (secondary N) is 1. The van der Waals surface area contributed by atoms with E-state index in [1.165, 1.54) is 0 Å². The Balaban J connectivity index is 1.38. The summed E-state index contributed by atoms with van der Waals surface area (Å²) in [4.78, 5) is 24.6. The van der Waals surface area contributed by atoms with Crippen molar-refractivity contribution in [3.63, 3.8) is 0 Å². The summed E-state index contributed by atoms with van der Waals surface area (Å²) < 4.78 is 31.9. The Hall–Kier alpha value is -2.02. The third-order valence-electron chi connectivity index (χ3n) is 6.00. The summed E-state index contributed by atoms with van der Waals surface area (Å²) in [6, 6.07) is 2.72. The zero-order chi connectivity index (χ0) is 18.5. The molecule has 5 rings (SSSR count). The highest BCUT2D eigenvalue weighted by atomic mass is 19.1. The lowest BCUT2D eigenvalue weighted by Crippen LogP contribution is -2.58. The molecule has 0 heterocycles. The summed E-state index contributed by atoms with van der Waals surface area (Å²) >= 11 is 0. The second kappa shape index (κ2) is 6.01. The first-order valence-electron chi connectivity index (χ1n) is 8.92. The number of carbonyl (C=O) groups is 2. The molecule has 1 aromatic rings. The smallest absolute Gasteiger partial charge is 0.312 e. The van der Waals surface area contributed by atoms with Crippen molar-refractivity contribution in [3.8, 4) is 0 Å². The lowest BCUT2D eigenvalue weighted by atomic mass is 9.48. The largest absolute Gasteiger partial charge is 0.455 e. The SMILES string of the molecule is O=C(COC(=O)C12CC3CC(CC(O)(C3)C1)C2)Nc1cc(F)ccc1F. The number of carbonyl (C=O) groups excluding carboxylic acids is 2. The summed E-state index contributed by atoms with van der Waals surface area (Å²) in [7, 11) is 0. The third kappa shape index (κ3) is 3.09. The van der Waals surface area contributed by atoms with Crippen molar-refractivity contribution >= 4 is 17.6 Å². The lowest BCUT2D eigenvalue weighted by molar-refractivity contribution is -0.196. The fourth-order valence-electron chi connectivity index (χ4n) is 5.52. The first kappa shape index (κ1) is 17.4. The van der Waals surface area contributed by atoms with E-state index in [9.17, 15) is 23.5 Å². The fraction of sp³-hybridized carbons (Fsp3) is 0.579. The van der Waals surface area contributed by atoms with Crippen molar-refractivity contribution in [1.82, 2.24) is 0 Å². The van der Waals surface area contributed by atoms with Crippen molar-refractivity contribution in [1.29, 1.82) is 0 Å². The Bertz CT molecular complexity index is 752. The highest BCUT2D eigenvalue weighted by Gasteiger charge is 2.60. The van der Waals surface area contributed by atoms with E-state index < -0.39 is 41.1 Å². The van der Waals surface area contributed by atoms with E-state index in [0.717, 1.165) is 37.5 Å². The molecule has 1 aromatic carbocycles. The van der Waals surface area contributed by atoms with Gasteiger partial charge in [-0.2, -0.15) is 0 Å². The average molecular weight is 365 g/mol. The van der Waals surface area contributed by atoms with E-state index >= 15 is 0 Å². The van der Waals surface area contributed by atoms with Crippen molar-refractivity contribution in [2.24, 2.45) is 17.3 Å². The van der Waals surface area contributed by atoms with Gasteiger partial charge in [-0.15, -0.1) is 0 Å². The molecule has 0 aliphatic heterocycles. The second-order valence-corrected chi connectivity index (χ2v) is 8.21. The predicted octanol–water partition coefficient (Wildman–Crippen LogP) is 2.78. The number of esters is 1. The van der Waals surface area contributed by atoms with Crippen molar-refractivity contribution in [2.75, 3.05) is 11.9 Å². The zero-order valence-electron chi connectivity index (χ0n) is 14.3. The number of halogens is 2. The number of rotatable bonds is 4. The molecule has 0 aromatic heterocycles. The molecule has 0 saturated heterocycles. The van der Waals surface area contributed by atoms with E-state index in [-0.39, 0.29) is 5.69 Å². The van der Waals surface area contributed by atoms with Gasteiger partial charge in [0, 0.05) is 6.07 Å². The van der Waals surface area contributed by atoms with Crippen LogP contribution in [-0.4, -0.2) is 29.2 Å². The zero-order valence-corrected chi connectivity index (χ0v) is 14.3. The van der Waals surface area contributed by atoms with Crippen LogP contribution in [0.2, 0.25) is 0 Å². The van der Waals surface area contributed by atoms with Gasteiger partial charge in [0.2, 0.25) is 0 Å². The summed E-state index contributed by atoms with van der Waals surface area (Å²) in [6.45, 7) is -0.565. The van der Waals surface area contributed by atoms with E-state index in [2.05, 4.69) is 5.32 Å². The molecule has 26 heavy (non-hydrogen) atoms. The number of ether oxygens (including phenoxy) is 1.